The molecule has 1 aromatic heterocycles. The molecule has 2 rings (SSSR count). The van der Waals surface area contributed by atoms with Gasteiger partial charge in [-0.3, -0.25) is 4.98 Å². The molecule has 1 fully saturated rings. The average molecular weight is 260 g/mol. The lowest BCUT2D eigenvalue weighted by Gasteiger charge is -2.26. The van der Waals surface area contributed by atoms with E-state index in [2.05, 4.69) is 4.98 Å². The van der Waals surface area contributed by atoms with Crippen LogP contribution in [0.5, 0.6) is 0 Å². The molecule has 88 valence electrons. The molecule has 0 aromatic carbocycles. The Morgan fingerprint density at radius 3 is 3.06 bits per heavy atom. The van der Waals surface area contributed by atoms with Gasteiger partial charge in [0.05, 0.1) is 16.5 Å². The maximum Gasteiger partial charge on any atom is 0.0741 e. The van der Waals surface area contributed by atoms with E-state index in [9.17, 15) is 0 Å². The summed E-state index contributed by atoms with van der Waals surface area (Å²) in [6.45, 7) is 0.831. The van der Waals surface area contributed by atoms with Gasteiger partial charge in [0.25, 0.3) is 0 Å². The van der Waals surface area contributed by atoms with Gasteiger partial charge in [-0.05, 0) is 37.3 Å². The normalized spacial score (nSPS) is 23.0. The Labute approximate surface area is 106 Å². The molecule has 0 N–H and O–H groups in total. The van der Waals surface area contributed by atoms with Crippen molar-refractivity contribution in [3.05, 3.63) is 29.0 Å². The van der Waals surface area contributed by atoms with Gasteiger partial charge in [-0.15, -0.1) is 11.6 Å². The topological polar surface area (TPSA) is 22.1 Å². The molecular formula is C12H15Cl2NO. The Bertz CT molecular complexity index is 340. The van der Waals surface area contributed by atoms with E-state index in [0.717, 1.165) is 31.4 Å². The van der Waals surface area contributed by atoms with E-state index < -0.39 is 0 Å². The molecule has 1 aliphatic rings. The highest BCUT2D eigenvalue weighted by molar-refractivity contribution is 6.31. The van der Waals surface area contributed by atoms with E-state index >= 15 is 0 Å². The molecule has 1 saturated heterocycles. The molecule has 2 atom stereocenters. The molecule has 1 aliphatic heterocycles. The van der Waals surface area contributed by atoms with Crippen LogP contribution in [0.25, 0.3) is 0 Å². The van der Waals surface area contributed by atoms with E-state index in [0.29, 0.717) is 5.02 Å². The molecule has 0 aliphatic carbocycles. The van der Waals surface area contributed by atoms with Gasteiger partial charge in [0.15, 0.2) is 0 Å². The average Bonchev–Trinajstić information content (AvgIpc) is 2.33. The van der Waals surface area contributed by atoms with Crippen molar-refractivity contribution >= 4 is 23.2 Å². The van der Waals surface area contributed by atoms with Crippen LogP contribution in [-0.4, -0.2) is 23.1 Å². The summed E-state index contributed by atoms with van der Waals surface area (Å²) < 4.78 is 5.66. The lowest BCUT2D eigenvalue weighted by Crippen LogP contribution is -2.30. The maximum atomic E-state index is 6.36. The quantitative estimate of drug-likeness (QED) is 0.776. The summed E-state index contributed by atoms with van der Waals surface area (Å²) in [5.74, 6) is 0. The first-order valence-electron chi connectivity index (χ1n) is 5.61. The number of aromatic nitrogens is 1. The number of halogens is 2. The van der Waals surface area contributed by atoms with Crippen molar-refractivity contribution in [1.82, 2.24) is 4.98 Å². The zero-order valence-corrected chi connectivity index (χ0v) is 10.5. The first-order valence-corrected chi connectivity index (χ1v) is 6.43. The Morgan fingerprint density at radius 1 is 1.50 bits per heavy atom. The molecule has 2 unspecified atom stereocenters. The molecule has 1 aromatic rings. The van der Waals surface area contributed by atoms with Gasteiger partial charge in [-0.25, -0.2) is 0 Å². The summed E-state index contributed by atoms with van der Waals surface area (Å²) in [7, 11) is 0. The van der Waals surface area contributed by atoms with Crippen molar-refractivity contribution in [2.45, 2.75) is 37.2 Å². The molecule has 0 amide bonds. The standard InChI is InChI=1S/C12H15Cl2NO/c13-10(12-3-1-2-6-16-12)7-9-4-5-15-8-11(9)14/h4-5,8,10,12H,1-3,6-7H2. The molecule has 16 heavy (non-hydrogen) atoms. The fraction of sp³-hybridized carbons (Fsp3) is 0.583. The minimum atomic E-state index is 0.000185. The van der Waals surface area contributed by atoms with Crippen molar-refractivity contribution in [3.8, 4) is 0 Å². The summed E-state index contributed by atoms with van der Waals surface area (Å²) in [5.41, 5.74) is 1.05. The van der Waals surface area contributed by atoms with Crippen molar-refractivity contribution in [2.24, 2.45) is 0 Å². The molecule has 0 spiro atoms. The molecule has 2 heterocycles. The van der Waals surface area contributed by atoms with Gasteiger partial charge in [-0.2, -0.15) is 0 Å². The van der Waals surface area contributed by atoms with Crippen LogP contribution < -0.4 is 0 Å². The molecule has 0 radical (unpaired) electrons. The van der Waals surface area contributed by atoms with Crippen molar-refractivity contribution in [2.75, 3.05) is 6.61 Å². The van der Waals surface area contributed by atoms with E-state index in [4.69, 9.17) is 27.9 Å². The second kappa shape index (κ2) is 5.85. The second-order valence-corrected chi connectivity index (χ2v) is 5.06. The number of rotatable bonds is 3. The summed E-state index contributed by atoms with van der Waals surface area (Å²) >= 11 is 12.4. The Balaban J connectivity index is 1.96. The zero-order valence-electron chi connectivity index (χ0n) is 9.03. The minimum absolute atomic E-state index is 0.000185. The third-order valence-electron chi connectivity index (χ3n) is 2.89. The van der Waals surface area contributed by atoms with Crippen molar-refractivity contribution < 1.29 is 4.74 Å². The van der Waals surface area contributed by atoms with E-state index in [-0.39, 0.29) is 11.5 Å². The second-order valence-electron chi connectivity index (χ2n) is 4.09. The van der Waals surface area contributed by atoms with Crippen LogP contribution in [0.15, 0.2) is 18.5 Å². The predicted molar refractivity (Wildman–Crippen MR) is 66.2 cm³/mol. The molecule has 0 bridgehead atoms. The number of pyridine rings is 1. The van der Waals surface area contributed by atoms with Gasteiger partial charge in [0.1, 0.15) is 0 Å². The molecule has 0 saturated carbocycles. The Morgan fingerprint density at radius 2 is 2.38 bits per heavy atom. The number of nitrogens with zero attached hydrogens (tertiary/aromatic N) is 1. The Kier molecular flexibility index (Phi) is 4.45. The van der Waals surface area contributed by atoms with Crippen LogP contribution in [0.2, 0.25) is 5.02 Å². The zero-order chi connectivity index (χ0) is 11.4. The van der Waals surface area contributed by atoms with Gasteiger partial charge in [-0.1, -0.05) is 11.6 Å². The third-order valence-corrected chi connectivity index (χ3v) is 3.67. The SMILES string of the molecule is Clc1cnccc1CC(Cl)C1CCCCO1. The van der Waals surface area contributed by atoms with Gasteiger partial charge >= 0.3 is 0 Å². The minimum Gasteiger partial charge on any atom is -0.377 e. The van der Waals surface area contributed by atoms with Crippen LogP contribution in [-0.2, 0) is 11.2 Å². The highest BCUT2D eigenvalue weighted by atomic mass is 35.5. The lowest BCUT2D eigenvalue weighted by atomic mass is 10.0. The summed E-state index contributed by atoms with van der Waals surface area (Å²) in [4.78, 5) is 3.96. The van der Waals surface area contributed by atoms with E-state index in [1.54, 1.807) is 12.4 Å². The van der Waals surface area contributed by atoms with Crippen LogP contribution in [0.4, 0.5) is 0 Å². The first kappa shape index (κ1) is 12.2. The van der Waals surface area contributed by atoms with Crippen LogP contribution in [0, 0.1) is 0 Å². The summed E-state index contributed by atoms with van der Waals surface area (Å²) in [5, 5.41) is 0.684. The van der Waals surface area contributed by atoms with E-state index in [1.165, 1.54) is 6.42 Å². The highest BCUT2D eigenvalue weighted by Gasteiger charge is 2.23. The monoisotopic (exact) mass is 259 g/mol. The highest BCUT2D eigenvalue weighted by Crippen LogP contribution is 2.24. The lowest BCUT2D eigenvalue weighted by molar-refractivity contribution is 0.0140. The molecule has 4 heteroatoms. The largest absolute Gasteiger partial charge is 0.377 e. The van der Waals surface area contributed by atoms with Crippen LogP contribution in [0.3, 0.4) is 0 Å². The predicted octanol–water partition coefficient (Wildman–Crippen LogP) is 3.45. The first-order chi connectivity index (χ1) is 7.77. The number of alkyl halides is 1. The number of ether oxygens (including phenoxy) is 1. The fourth-order valence-electron chi connectivity index (χ4n) is 1.96. The summed E-state index contributed by atoms with van der Waals surface area (Å²) in [6.07, 6.45) is 7.72. The van der Waals surface area contributed by atoms with Crippen LogP contribution in [0.1, 0.15) is 24.8 Å². The van der Waals surface area contributed by atoms with Crippen LogP contribution >= 0.6 is 23.2 Å². The van der Waals surface area contributed by atoms with E-state index in [1.807, 2.05) is 6.07 Å². The summed E-state index contributed by atoms with van der Waals surface area (Å²) in [6, 6.07) is 1.92. The van der Waals surface area contributed by atoms with Gasteiger partial charge in [0, 0.05) is 19.0 Å². The number of hydrogen-bond acceptors (Lipinski definition) is 2. The Hall–Kier alpha value is -0.310. The van der Waals surface area contributed by atoms with Gasteiger partial charge < -0.3 is 4.74 Å². The van der Waals surface area contributed by atoms with Crippen molar-refractivity contribution in [3.63, 3.8) is 0 Å². The van der Waals surface area contributed by atoms with Crippen molar-refractivity contribution in [1.29, 1.82) is 0 Å². The number of hydrogen-bond donors (Lipinski definition) is 0. The maximum absolute atomic E-state index is 6.36. The third kappa shape index (κ3) is 3.09. The fourth-order valence-corrected chi connectivity index (χ4v) is 2.52. The smallest absolute Gasteiger partial charge is 0.0741 e. The molecule has 2 nitrogen and oxygen atoms in total. The van der Waals surface area contributed by atoms with Gasteiger partial charge in [0.2, 0.25) is 0 Å². The molecular weight excluding hydrogens is 245 g/mol.